The van der Waals surface area contributed by atoms with Crippen molar-refractivity contribution in [3.8, 4) is 0 Å². The predicted molar refractivity (Wildman–Crippen MR) is 64.8 cm³/mol. The smallest absolute Gasteiger partial charge is 0.287 e. The lowest BCUT2D eigenvalue weighted by atomic mass is 10.1. The lowest BCUT2D eigenvalue weighted by molar-refractivity contribution is -0.385. The van der Waals surface area contributed by atoms with Crippen molar-refractivity contribution < 1.29 is 4.92 Å². The topological polar surface area (TPSA) is 68.1 Å². The first-order valence-electron chi connectivity index (χ1n) is 5.18. The summed E-state index contributed by atoms with van der Waals surface area (Å²) in [6.07, 6.45) is 2.52. The molecule has 0 bridgehead atoms. The van der Waals surface area contributed by atoms with Crippen LogP contribution in [0.1, 0.15) is 6.42 Å². The van der Waals surface area contributed by atoms with Gasteiger partial charge < -0.3 is 5.32 Å². The number of thioether (sulfide) groups is 1. The van der Waals surface area contributed by atoms with Crippen molar-refractivity contribution in [3.05, 3.63) is 28.4 Å². The van der Waals surface area contributed by atoms with E-state index in [1.807, 2.05) is 11.8 Å². The van der Waals surface area contributed by atoms with E-state index in [0.717, 1.165) is 6.54 Å². The summed E-state index contributed by atoms with van der Waals surface area (Å²) in [4.78, 5) is 14.0. The summed E-state index contributed by atoms with van der Waals surface area (Å²) < 4.78 is 0. The number of nitrogens with zero attached hydrogens (tertiary/aromatic N) is 2. The number of hydrogen-bond donors (Lipinski definition) is 1. The molecule has 0 aliphatic carbocycles. The first-order valence-corrected chi connectivity index (χ1v) is 6.33. The van der Waals surface area contributed by atoms with Gasteiger partial charge >= 0.3 is 0 Å². The van der Waals surface area contributed by atoms with Gasteiger partial charge in [-0.05, 0) is 29.9 Å². The summed E-state index contributed by atoms with van der Waals surface area (Å²) in [5.41, 5.74) is 0.0296. The molecular weight excluding hydrogens is 226 g/mol. The highest BCUT2D eigenvalue weighted by Crippen LogP contribution is 2.23. The predicted octanol–water partition coefficient (Wildman–Crippen LogP) is 2.15. The summed E-state index contributed by atoms with van der Waals surface area (Å²) in [7, 11) is 0. The molecule has 86 valence electrons. The molecule has 0 amide bonds. The van der Waals surface area contributed by atoms with Crippen LogP contribution in [0.15, 0.2) is 18.3 Å². The van der Waals surface area contributed by atoms with Crippen LogP contribution in [-0.2, 0) is 0 Å². The SMILES string of the molecule is O=[N+]([O-])c1ccc(NCC2CCSC2)nc1. The Balaban J connectivity index is 1.87. The third-order valence-electron chi connectivity index (χ3n) is 2.55. The normalized spacial score (nSPS) is 19.6. The summed E-state index contributed by atoms with van der Waals surface area (Å²) in [6, 6.07) is 3.12. The molecule has 1 atom stereocenters. The van der Waals surface area contributed by atoms with Crippen LogP contribution < -0.4 is 5.32 Å². The van der Waals surface area contributed by atoms with Crippen LogP contribution in [-0.4, -0.2) is 28.0 Å². The van der Waals surface area contributed by atoms with Gasteiger partial charge in [-0.3, -0.25) is 10.1 Å². The van der Waals surface area contributed by atoms with E-state index < -0.39 is 4.92 Å². The average Bonchev–Trinajstić information content (AvgIpc) is 2.80. The largest absolute Gasteiger partial charge is 0.370 e. The van der Waals surface area contributed by atoms with Gasteiger partial charge in [0.05, 0.1) is 4.92 Å². The number of hydrogen-bond acceptors (Lipinski definition) is 5. The molecule has 0 saturated carbocycles. The fourth-order valence-corrected chi connectivity index (χ4v) is 2.88. The molecule has 2 heterocycles. The van der Waals surface area contributed by atoms with E-state index in [0.29, 0.717) is 11.7 Å². The first-order chi connectivity index (χ1) is 7.75. The molecule has 1 unspecified atom stereocenters. The molecule has 1 fully saturated rings. The minimum absolute atomic E-state index is 0.0296. The summed E-state index contributed by atoms with van der Waals surface area (Å²) in [6.45, 7) is 0.901. The number of aromatic nitrogens is 1. The minimum atomic E-state index is -0.440. The van der Waals surface area contributed by atoms with Gasteiger partial charge in [0.2, 0.25) is 0 Å². The Hall–Kier alpha value is -1.30. The van der Waals surface area contributed by atoms with Crippen LogP contribution in [0.2, 0.25) is 0 Å². The molecule has 1 aromatic rings. The second-order valence-corrected chi connectivity index (χ2v) is 4.92. The van der Waals surface area contributed by atoms with E-state index in [4.69, 9.17) is 0 Å². The Morgan fingerprint density at radius 3 is 3.06 bits per heavy atom. The Morgan fingerprint density at radius 2 is 2.50 bits per heavy atom. The van der Waals surface area contributed by atoms with Gasteiger partial charge in [0, 0.05) is 12.6 Å². The van der Waals surface area contributed by atoms with Gasteiger partial charge in [-0.15, -0.1) is 0 Å². The van der Waals surface area contributed by atoms with Crippen LogP contribution in [0.4, 0.5) is 11.5 Å². The third kappa shape index (κ3) is 2.85. The molecule has 0 spiro atoms. The van der Waals surface area contributed by atoms with Gasteiger partial charge in [0.15, 0.2) is 0 Å². The van der Waals surface area contributed by atoms with Crippen molar-refractivity contribution in [3.63, 3.8) is 0 Å². The van der Waals surface area contributed by atoms with Crippen molar-refractivity contribution in [1.29, 1.82) is 0 Å². The maximum atomic E-state index is 10.4. The highest BCUT2D eigenvalue weighted by Gasteiger charge is 2.15. The Morgan fingerprint density at radius 1 is 1.62 bits per heavy atom. The number of pyridine rings is 1. The molecule has 0 aromatic carbocycles. The second-order valence-electron chi connectivity index (χ2n) is 3.77. The van der Waals surface area contributed by atoms with Gasteiger partial charge in [0.25, 0.3) is 5.69 Å². The summed E-state index contributed by atoms with van der Waals surface area (Å²) >= 11 is 1.97. The number of nitrogens with one attached hydrogen (secondary N) is 1. The lowest BCUT2D eigenvalue weighted by Crippen LogP contribution is -2.14. The maximum absolute atomic E-state index is 10.4. The molecule has 1 aliphatic heterocycles. The molecule has 2 rings (SSSR count). The van der Waals surface area contributed by atoms with Gasteiger partial charge in [-0.1, -0.05) is 0 Å². The van der Waals surface area contributed by atoms with Crippen LogP contribution in [0.5, 0.6) is 0 Å². The molecule has 6 heteroatoms. The number of nitro groups is 1. The Bertz CT molecular complexity index is 363. The quantitative estimate of drug-likeness (QED) is 0.644. The fourth-order valence-electron chi connectivity index (χ4n) is 1.59. The lowest BCUT2D eigenvalue weighted by Gasteiger charge is -2.09. The third-order valence-corrected chi connectivity index (χ3v) is 3.79. The van der Waals surface area contributed by atoms with E-state index in [9.17, 15) is 10.1 Å². The average molecular weight is 239 g/mol. The van der Waals surface area contributed by atoms with Crippen LogP contribution in [0, 0.1) is 16.0 Å². The van der Waals surface area contributed by atoms with E-state index in [1.165, 1.54) is 30.2 Å². The Kier molecular flexibility index (Phi) is 3.61. The first kappa shape index (κ1) is 11.2. The molecule has 1 aliphatic rings. The second kappa shape index (κ2) is 5.16. The van der Waals surface area contributed by atoms with E-state index in [1.54, 1.807) is 6.07 Å². The van der Waals surface area contributed by atoms with Crippen LogP contribution in [0.3, 0.4) is 0 Å². The molecule has 1 N–H and O–H groups in total. The standard InChI is InChI=1S/C10H13N3O2S/c14-13(15)9-1-2-10(12-6-9)11-5-8-3-4-16-7-8/h1-2,6,8H,3-5,7H2,(H,11,12). The fraction of sp³-hybridized carbons (Fsp3) is 0.500. The zero-order valence-corrected chi connectivity index (χ0v) is 9.57. The van der Waals surface area contributed by atoms with Crippen molar-refractivity contribution >= 4 is 23.3 Å². The van der Waals surface area contributed by atoms with Crippen molar-refractivity contribution in [1.82, 2.24) is 4.98 Å². The zero-order valence-electron chi connectivity index (χ0n) is 8.76. The zero-order chi connectivity index (χ0) is 11.4. The maximum Gasteiger partial charge on any atom is 0.287 e. The van der Waals surface area contributed by atoms with E-state index in [2.05, 4.69) is 10.3 Å². The number of rotatable bonds is 4. The van der Waals surface area contributed by atoms with E-state index >= 15 is 0 Å². The molecule has 1 saturated heterocycles. The molecule has 1 aromatic heterocycles. The van der Waals surface area contributed by atoms with Gasteiger partial charge in [0.1, 0.15) is 12.0 Å². The summed E-state index contributed by atoms with van der Waals surface area (Å²) in [5, 5.41) is 13.6. The van der Waals surface area contributed by atoms with Crippen LogP contribution >= 0.6 is 11.8 Å². The van der Waals surface area contributed by atoms with Gasteiger partial charge in [-0.25, -0.2) is 4.98 Å². The summed E-state index contributed by atoms with van der Waals surface area (Å²) in [5.74, 6) is 3.84. The monoisotopic (exact) mass is 239 g/mol. The molecule has 16 heavy (non-hydrogen) atoms. The Labute approximate surface area is 97.8 Å². The van der Waals surface area contributed by atoms with Crippen LogP contribution in [0.25, 0.3) is 0 Å². The molecule has 0 radical (unpaired) electrons. The number of anilines is 1. The highest BCUT2D eigenvalue weighted by molar-refractivity contribution is 7.99. The highest BCUT2D eigenvalue weighted by atomic mass is 32.2. The minimum Gasteiger partial charge on any atom is -0.370 e. The van der Waals surface area contributed by atoms with Crippen molar-refractivity contribution in [2.45, 2.75) is 6.42 Å². The van der Waals surface area contributed by atoms with Crippen molar-refractivity contribution in [2.24, 2.45) is 5.92 Å². The molecule has 5 nitrogen and oxygen atoms in total. The van der Waals surface area contributed by atoms with E-state index in [-0.39, 0.29) is 5.69 Å². The van der Waals surface area contributed by atoms with Crippen molar-refractivity contribution in [2.75, 3.05) is 23.4 Å². The molecular formula is C10H13N3O2S. The van der Waals surface area contributed by atoms with Gasteiger partial charge in [-0.2, -0.15) is 11.8 Å².